The Morgan fingerprint density at radius 1 is 1.17 bits per heavy atom. The summed E-state index contributed by atoms with van der Waals surface area (Å²) >= 11 is 0. The fourth-order valence-corrected chi connectivity index (χ4v) is 2.54. The molecular weight excluding hydrogens is 312 g/mol. The van der Waals surface area contributed by atoms with Crippen molar-refractivity contribution in [3.8, 4) is 11.5 Å². The Balaban J connectivity index is 1.85. The predicted molar refractivity (Wildman–Crippen MR) is 88.0 cm³/mol. The maximum absolute atomic E-state index is 11.2. The van der Waals surface area contributed by atoms with E-state index in [4.69, 9.17) is 9.47 Å². The minimum absolute atomic E-state index is 0.135. The van der Waals surface area contributed by atoms with Gasteiger partial charge in [-0.2, -0.15) is 0 Å². The first-order valence-electron chi connectivity index (χ1n) is 7.48. The SMILES string of the molecule is C[C@@H](Nc1ccc(C=O)cc1[N+](=O)[O-])c1ccc2c(c1)OCCO2. The molecule has 0 amide bonds. The first-order valence-corrected chi connectivity index (χ1v) is 7.48. The standard InChI is InChI=1S/C17H16N2O5/c1-11(13-3-5-16-17(9-13)24-7-6-23-16)18-14-4-2-12(10-20)8-15(14)19(21)22/h2-5,8-11,18H,6-7H2,1H3/t11-/m1/s1. The summed E-state index contributed by atoms with van der Waals surface area (Å²) in [6, 6.07) is 9.71. The van der Waals surface area contributed by atoms with E-state index in [0.29, 0.717) is 36.7 Å². The highest BCUT2D eigenvalue weighted by Crippen LogP contribution is 2.34. The number of nitrogens with one attached hydrogen (secondary N) is 1. The third kappa shape index (κ3) is 3.15. The van der Waals surface area contributed by atoms with Crippen molar-refractivity contribution in [2.24, 2.45) is 0 Å². The monoisotopic (exact) mass is 328 g/mol. The molecule has 0 saturated carbocycles. The van der Waals surface area contributed by atoms with E-state index in [-0.39, 0.29) is 17.3 Å². The molecule has 3 rings (SSSR count). The van der Waals surface area contributed by atoms with Gasteiger partial charge >= 0.3 is 0 Å². The van der Waals surface area contributed by atoms with Crippen molar-refractivity contribution >= 4 is 17.7 Å². The Hall–Kier alpha value is -3.09. The fourth-order valence-electron chi connectivity index (χ4n) is 2.54. The molecule has 0 fully saturated rings. The van der Waals surface area contributed by atoms with Crippen molar-refractivity contribution in [1.82, 2.24) is 0 Å². The Morgan fingerprint density at radius 3 is 2.62 bits per heavy atom. The lowest BCUT2D eigenvalue weighted by molar-refractivity contribution is -0.384. The van der Waals surface area contributed by atoms with Gasteiger partial charge in [-0.3, -0.25) is 14.9 Å². The summed E-state index contributed by atoms with van der Waals surface area (Å²) in [6.45, 7) is 2.91. The summed E-state index contributed by atoms with van der Waals surface area (Å²) < 4.78 is 11.0. The van der Waals surface area contributed by atoms with Gasteiger partial charge in [0.25, 0.3) is 5.69 Å². The first kappa shape index (κ1) is 15.8. The summed E-state index contributed by atoms with van der Waals surface area (Å²) in [5.74, 6) is 1.36. The van der Waals surface area contributed by atoms with Gasteiger partial charge in [0.15, 0.2) is 11.5 Å². The van der Waals surface area contributed by atoms with Crippen LogP contribution in [0.1, 0.15) is 28.9 Å². The molecule has 0 aliphatic carbocycles. The van der Waals surface area contributed by atoms with E-state index in [0.717, 1.165) is 5.56 Å². The normalized spacial score (nSPS) is 13.9. The molecule has 1 atom stereocenters. The van der Waals surface area contributed by atoms with E-state index in [1.165, 1.54) is 12.1 Å². The van der Waals surface area contributed by atoms with E-state index >= 15 is 0 Å². The number of hydrogen-bond acceptors (Lipinski definition) is 6. The van der Waals surface area contributed by atoms with Crippen LogP contribution in [-0.2, 0) is 0 Å². The third-order valence-corrected chi connectivity index (χ3v) is 3.79. The van der Waals surface area contributed by atoms with Crippen molar-refractivity contribution in [1.29, 1.82) is 0 Å². The molecule has 1 N–H and O–H groups in total. The van der Waals surface area contributed by atoms with Gasteiger partial charge in [0.2, 0.25) is 0 Å². The lowest BCUT2D eigenvalue weighted by Crippen LogP contribution is -2.16. The molecule has 1 heterocycles. The summed E-state index contributed by atoms with van der Waals surface area (Å²) in [6.07, 6.45) is 0.584. The van der Waals surface area contributed by atoms with Crippen LogP contribution >= 0.6 is 0 Å². The highest BCUT2D eigenvalue weighted by atomic mass is 16.6. The fraction of sp³-hybridized carbons (Fsp3) is 0.235. The van der Waals surface area contributed by atoms with E-state index in [9.17, 15) is 14.9 Å². The molecule has 0 bridgehead atoms. The van der Waals surface area contributed by atoms with Crippen molar-refractivity contribution in [3.63, 3.8) is 0 Å². The molecule has 2 aromatic carbocycles. The van der Waals surface area contributed by atoms with Gasteiger partial charge in [-0.05, 0) is 36.8 Å². The maximum atomic E-state index is 11.2. The maximum Gasteiger partial charge on any atom is 0.293 e. The second-order valence-corrected chi connectivity index (χ2v) is 5.42. The number of hydrogen-bond donors (Lipinski definition) is 1. The Bertz CT molecular complexity index is 791. The molecule has 2 aromatic rings. The largest absolute Gasteiger partial charge is 0.486 e. The smallest absolute Gasteiger partial charge is 0.293 e. The first-order chi connectivity index (χ1) is 11.6. The molecule has 0 aromatic heterocycles. The van der Waals surface area contributed by atoms with E-state index in [1.54, 1.807) is 6.07 Å². The number of aldehydes is 1. The summed E-state index contributed by atoms with van der Waals surface area (Å²) in [5, 5.41) is 14.3. The second-order valence-electron chi connectivity index (χ2n) is 5.42. The van der Waals surface area contributed by atoms with Crippen LogP contribution in [0.2, 0.25) is 0 Å². The van der Waals surface area contributed by atoms with E-state index < -0.39 is 4.92 Å². The Labute approximate surface area is 138 Å². The molecule has 1 aliphatic rings. The minimum Gasteiger partial charge on any atom is -0.486 e. The summed E-state index contributed by atoms with van der Waals surface area (Å²) in [4.78, 5) is 21.5. The van der Waals surface area contributed by atoms with Gasteiger partial charge in [0, 0.05) is 17.7 Å². The number of ether oxygens (including phenoxy) is 2. The van der Waals surface area contributed by atoms with E-state index in [1.807, 2.05) is 25.1 Å². The Kier molecular flexibility index (Phi) is 4.33. The second kappa shape index (κ2) is 6.57. The van der Waals surface area contributed by atoms with Gasteiger partial charge in [-0.25, -0.2) is 0 Å². The number of carbonyl (C=O) groups excluding carboxylic acids is 1. The van der Waals surface area contributed by atoms with E-state index in [2.05, 4.69) is 5.32 Å². The summed E-state index contributed by atoms with van der Waals surface area (Å²) in [5.41, 5.74) is 1.39. The molecule has 0 unspecified atom stereocenters. The van der Waals surface area contributed by atoms with Crippen LogP contribution in [0, 0.1) is 10.1 Å². The van der Waals surface area contributed by atoms with Crippen LogP contribution in [0.5, 0.6) is 11.5 Å². The molecule has 1 aliphatic heterocycles. The number of fused-ring (bicyclic) bond motifs is 1. The van der Waals surface area contributed by atoms with Crippen LogP contribution in [0.15, 0.2) is 36.4 Å². The average molecular weight is 328 g/mol. The van der Waals surface area contributed by atoms with Gasteiger partial charge < -0.3 is 14.8 Å². The topological polar surface area (TPSA) is 90.7 Å². The van der Waals surface area contributed by atoms with Crippen molar-refractivity contribution in [2.75, 3.05) is 18.5 Å². The molecule has 0 saturated heterocycles. The third-order valence-electron chi connectivity index (χ3n) is 3.79. The van der Waals surface area contributed by atoms with Crippen molar-refractivity contribution in [2.45, 2.75) is 13.0 Å². The zero-order valence-corrected chi connectivity index (χ0v) is 13.0. The molecule has 24 heavy (non-hydrogen) atoms. The molecule has 0 spiro atoms. The van der Waals surface area contributed by atoms with Crippen molar-refractivity contribution < 1.29 is 19.2 Å². The zero-order valence-electron chi connectivity index (χ0n) is 13.0. The van der Waals surface area contributed by atoms with Crippen LogP contribution < -0.4 is 14.8 Å². The quantitative estimate of drug-likeness (QED) is 0.514. The molecule has 124 valence electrons. The predicted octanol–water partition coefficient (Wildman–Crippen LogP) is 3.35. The number of nitro benzene ring substituents is 1. The minimum atomic E-state index is -0.508. The average Bonchev–Trinajstić information content (AvgIpc) is 2.61. The lowest BCUT2D eigenvalue weighted by atomic mass is 10.1. The number of carbonyl (C=O) groups is 1. The van der Waals surface area contributed by atoms with Gasteiger partial charge in [-0.15, -0.1) is 0 Å². The van der Waals surface area contributed by atoms with Crippen LogP contribution in [0.3, 0.4) is 0 Å². The number of nitro groups is 1. The number of rotatable bonds is 5. The molecule has 0 radical (unpaired) electrons. The van der Waals surface area contributed by atoms with Crippen LogP contribution in [0.25, 0.3) is 0 Å². The molecule has 7 nitrogen and oxygen atoms in total. The summed E-state index contributed by atoms with van der Waals surface area (Å²) in [7, 11) is 0. The van der Waals surface area contributed by atoms with Gasteiger partial charge in [0.05, 0.1) is 4.92 Å². The van der Waals surface area contributed by atoms with Crippen LogP contribution in [0.4, 0.5) is 11.4 Å². The molecular formula is C17H16N2O5. The number of anilines is 1. The molecule has 7 heteroatoms. The number of benzene rings is 2. The number of nitrogens with zero attached hydrogens (tertiary/aromatic N) is 1. The lowest BCUT2D eigenvalue weighted by Gasteiger charge is -2.21. The van der Waals surface area contributed by atoms with Gasteiger partial charge in [-0.1, -0.05) is 6.07 Å². The van der Waals surface area contributed by atoms with Crippen LogP contribution in [-0.4, -0.2) is 24.4 Å². The Morgan fingerprint density at radius 2 is 1.92 bits per heavy atom. The van der Waals surface area contributed by atoms with Crippen molar-refractivity contribution in [3.05, 3.63) is 57.6 Å². The zero-order chi connectivity index (χ0) is 17.1. The highest BCUT2D eigenvalue weighted by molar-refractivity contribution is 5.79. The van der Waals surface area contributed by atoms with Gasteiger partial charge in [0.1, 0.15) is 25.2 Å². The highest BCUT2D eigenvalue weighted by Gasteiger charge is 2.19.